The van der Waals surface area contributed by atoms with Gasteiger partial charge in [0.05, 0.1) is 17.1 Å². The summed E-state index contributed by atoms with van der Waals surface area (Å²) in [7, 11) is -3.69. The number of aromatic nitrogens is 1. The van der Waals surface area contributed by atoms with Crippen LogP contribution in [0.25, 0.3) is 0 Å². The van der Waals surface area contributed by atoms with Gasteiger partial charge in [-0.25, -0.2) is 13.1 Å². The second-order valence-corrected chi connectivity index (χ2v) is 6.38. The molecule has 0 atom stereocenters. The molecule has 0 unspecified atom stereocenters. The van der Waals surface area contributed by atoms with Crippen molar-refractivity contribution in [1.29, 1.82) is 0 Å². The Morgan fingerprint density at radius 2 is 2.20 bits per heavy atom. The standard InChI is InChI=1S/C12H14ClN3O3S/c1-8-9(6-14)4-10(13)5-12(8)20(17,18)15-7-11-2-3-19-16-11/h2-5,15H,6-7,14H2,1H3. The number of hydrogen-bond donors (Lipinski definition) is 2. The van der Waals surface area contributed by atoms with Crippen molar-refractivity contribution in [3.8, 4) is 0 Å². The van der Waals surface area contributed by atoms with E-state index in [0.29, 0.717) is 21.8 Å². The zero-order valence-corrected chi connectivity index (χ0v) is 12.3. The average molecular weight is 316 g/mol. The van der Waals surface area contributed by atoms with Crippen molar-refractivity contribution >= 4 is 21.6 Å². The highest BCUT2D eigenvalue weighted by Crippen LogP contribution is 2.24. The van der Waals surface area contributed by atoms with Gasteiger partial charge in [-0.15, -0.1) is 0 Å². The predicted molar refractivity (Wildman–Crippen MR) is 74.6 cm³/mol. The van der Waals surface area contributed by atoms with E-state index in [4.69, 9.17) is 17.3 Å². The summed E-state index contributed by atoms with van der Waals surface area (Å²) in [6, 6.07) is 4.65. The highest BCUT2D eigenvalue weighted by Gasteiger charge is 2.19. The molecule has 2 rings (SSSR count). The summed E-state index contributed by atoms with van der Waals surface area (Å²) in [6.07, 6.45) is 1.38. The summed E-state index contributed by atoms with van der Waals surface area (Å²) in [5.74, 6) is 0. The number of sulfonamides is 1. The van der Waals surface area contributed by atoms with Crippen LogP contribution in [0.5, 0.6) is 0 Å². The highest BCUT2D eigenvalue weighted by atomic mass is 35.5. The maximum Gasteiger partial charge on any atom is 0.241 e. The van der Waals surface area contributed by atoms with E-state index in [9.17, 15) is 8.42 Å². The third-order valence-corrected chi connectivity index (χ3v) is 4.62. The zero-order chi connectivity index (χ0) is 14.8. The quantitative estimate of drug-likeness (QED) is 0.872. The van der Waals surface area contributed by atoms with Gasteiger partial charge in [0.1, 0.15) is 6.26 Å². The number of benzene rings is 1. The molecular weight excluding hydrogens is 302 g/mol. The zero-order valence-electron chi connectivity index (χ0n) is 10.8. The lowest BCUT2D eigenvalue weighted by atomic mass is 10.1. The molecule has 2 aromatic rings. The van der Waals surface area contributed by atoms with Gasteiger partial charge >= 0.3 is 0 Å². The Kier molecular flexibility index (Phi) is 4.44. The minimum absolute atomic E-state index is 0.0444. The molecule has 0 fully saturated rings. The summed E-state index contributed by atoms with van der Waals surface area (Å²) in [6.45, 7) is 1.96. The van der Waals surface area contributed by atoms with Crippen molar-refractivity contribution in [1.82, 2.24) is 9.88 Å². The Bertz CT molecular complexity index is 699. The van der Waals surface area contributed by atoms with Crippen molar-refractivity contribution in [2.75, 3.05) is 0 Å². The third-order valence-electron chi connectivity index (χ3n) is 2.88. The Morgan fingerprint density at radius 3 is 2.80 bits per heavy atom. The molecule has 8 heteroatoms. The lowest BCUT2D eigenvalue weighted by Crippen LogP contribution is -2.24. The van der Waals surface area contributed by atoms with Crippen LogP contribution in [0.15, 0.2) is 33.9 Å². The summed E-state index contributed by atoms with van der Waals surface area (Å²) < 4.78 is 31.7. The molecular formula is C12H14ClN3O3S. The van der Waals surface area contributed by atoms with Crippen molar-refractivity contribution in [3.05, 3.63) is 46.3 Å². The molecule has 0 spiro atoms. The van der Waals surface area contributed by atoms with Crippen LogP contribution in [0.4, 0.5) is 0 Å². The van der Waals surface area contributed by atoms with E-state index in [2.05, 4.69) is 14.4 Å². The second kappa shape index (κ2) is 5.92. The molecule has 0 amide bonds. The Hall–Kier alpha value is -1.41. The summed E-state index contributed by atoms with van der Waals surface area (Å²) in [5, 5.41) is 3.97. The molecule has 1 aromatic heterocycles. The average Bonchev–Trinajstić information content (AvgIpc) is 2.92. The van der Waals surface area contributed by atoms with Gasteiger partial charge < -0.3 is 10.3 Å². The van der Waals surface area contributed by atoms with Gasteiger partial charge in [0.2, 0.25) is 10.0 Å². The van der Waals surface area contributed by atoms with Crippen LogP contribution in [0.1, 0.15) is 16.8 Å². The molecule has 0 saturated heterocycles. The van der Waals surface area contributed by atoms with Crippen molar-refractivity contribution < 1.29 is 12.9 Å². The number of rotatable bonds is 5. The third kappa shape index (κ3) is 3.18. The van der Waals surface area contributed by atoms with Gasteiger partial charge in [-0.1, -0.05) is 16.8 Å². The first-order chi connectivity index (χ1) is 9.44. The van der Waals surface area contributed by atoms with Gasteiger partial charge in [-0.05, 0) is 30.2 Å². The first-order valence-corrected chi connectivity index (χ1v) is 7.68. The lowest BCUT2D eigenvalue weighted by molar-refractivity contribution is 0.411. The molecule has 6 nitrogen and oxygen atoms in total. The number of hydrogen-bond acceptors (Lipinski definition) is 5. The monoisotopic (exact) mass is 315 g/mol. The van der Waals surface area contributed by atoms with Crippen LogP contribution < -0.4 is 10.5 Å². The van der Waals surface area contributed by atoms with Crippen molar-refractivity contribution in [3.63, 3.8) is 0 Å². The van der Waals surface area contributed by atoms with E-state index in [1.165, 1.54) is 12.3 Å². The first-order valence-electron chi connectivity index (χ1n) is 5.82. The van der Waals surface area contributed by atoms with Crippen LogP contribution in [0.3, 0.4) is 0 Å². The number of nitrogens with zero attached hydrogens (tertiary/aromatic N) is 1. The molecule has 0 aliphatic heterocycles. The molecule has 0 saturated carbocycles. The minimum Gasteiger partial charge on any atom is -0.364 e. The van der Waals surface area contributed by atoms with Crippen LogP contribution >= 0.6 is 11.6 Å². The topological polar surface area (TPSA) is 98.2 Å². The van der Waals surface area contributed by atoms with Crippen LogP contribution in [0.2, 0.25) is 5.02 Å². The van der Waals surface area contributed by atoms with Gasteiger partial charge in [-0.3, -0.25) is 0 Å². The number of nitrogens with one attached hydrogen (secondary N) is 1. The largest absolute Gasteiger partial charge is 0.364 e. The van der Waals surface area contributed by atoms with E-state index < -0.39 is 10.0 Å². The summed E-state index contributed by atoms with van der Waals surface area (Å²) in [4.78, 5) is 0.119. The summed E-state index contributed by atoms with van der Waals surface area (Å²) >= 11 is 5.93. The smallest absolute Gasteiger partial charge is 0.241 e. The van der Waals surface area contributed by atoms with Gasteiger partial charge in [-0.2, -0.15) is 0 Å². The van der Waals surface area contributed by atoms with Crippen LogP contribution in [-0.4, -0.2) is 13.6 Å². The maximum atomic E-state index is 12.3. The number of halogens is 1. The van der Waals surface area contributed by atoms with Gasteiger partial charge in [0.15, 0.2) is 0 Å². The Labute approximate surface area is 122 Å². The van der Waals surface area contributed by atoms with E-state index in [1.54, 1.807) is 19.1 Å². The van der Waals surface area contributed by atoms with E-state index in [-0.39, 0.29) is 18.0 Å². The van der Waals surface area contributed by atoms with E-state index >= 15 is 0 Å². The molecule has 3 N–H and O–H groups in total. The SMILES string of the molecule is Cc1c(CN)cc(Cl)cc1S(=O)(=O)NCc1ccon1. The fourth-order valence-corrected chi connectivity index (χ4v) is 3.39. The number of nitrogens with two attached hydrogens (primary N) is 1. The maximum absolute atomic E-state index is 12.3. The molecule has 1 aromatic carbocycles. The van der Waals surface area contributed by atoms with Crippen LogP contribution in [0, 0.1) is 6.92 Å². The first kappa shape index (κ1) is 15.0. The normalized spacial score (nSPS) is 11.8. The molecule has 0 aliphatic rings. The molecule has 0 radical (unpaired) electrons. The lowest BCUT2D eigenvalue weighted by Gasteiger charge is -2.12. The second-order valence-electron chi connectivity index (χ2n) is 4.21. The molecule has 0 bridgehead atoms. The molecule has 108 valence electrons. The summed E-state index contributed by atoms with van der Waals surface area (Å²) in [5.41, 5.74) is 7.36. The van der Waals surface area contributed by atoms with Crippen molar-refractivity contribution in [2.24, 2.45) is 5.73 Å². The van der Waals surface area contributed by atoms with Crippen LogP contribution in [-0.2, 0) is 23.1 Å². The molecule has 1 heterocycles. The predicted octanol–water partition coefficient (Wildman–Crippen LogP) is 1.57. The molecule has 0 aliphatic carbocycles. The Balaban J connectivity index is 2.31. The van der Waals surface area contributed by atoms with Crippen molar-refractivity contribution in [2.45, 2.75) is 24.9 Å². The fraction of sp³-hybridized carbons (Fsp3) is 0.250. The van der Waals surface area contributed by atoms with Gasteiger partial charge in [0.25, 0.3) is 0 Å². The van der Waals surface area contributed by atoms with E-state index in [0.717, 1.165) is 0 Å². The highest BCUT2D eigenvalue weighted by molar-refractivity contribution is 7.89. The fourth-order valence-electron chi connectivity index (χ4n) is 1.77. The Morgan fingerprint density at radius 1 is 1.45 bits per heavy atom. The minimum atomic E-state index is -3.69. The van der Waals surface area contributed by atoms with E-state index in [1.807, 2.05) is 0 Å². The van der Waals surface area contributed by atoms with Gasteiger partial charge in [0, 0.05) is 17.6 Å². The molecule has 20 heavy (non-hydrogen) atoms.